The maximum Gasteiger partial charge on any atom is 0.353 e. The van der Waals surface area contributed by atoms with E-state index >= 15 is 0 Å². The van der Waals surface area contributed by atoms with Crippen LogP contribution >= 0.6 is 11.8 Å². The molecule has 0 spiro atoms. The number of carboxylic acids is 1. The van der Waals surface area contributed by atoms with E-state index < -0.39 is 5.97 Å². The first-order valence-corrected chi connectivity index (χ1v) is 5.58. The Hall–Kier alpha value is -1.50. The lowest BCUT2D eigenvalue weighted by atomic mass is 10.1. The topological polar surface area (TPSA) is 86.7 Å². The average Bonchev–Trinajstić information content (AvgIpc) is 2.47. The van der Waals surface area contributed by atoms with Gasteiger partial charge < -0.3 is 10.4 Å². The third kappa shape index (κ3) is 1.67. The van der Waals surface area contributed by atoms with E-state index in [1.165, 1.54) is 23.6 Å². The van der Waals surface area contributed by atoms with Crippen LogP contribution in [0.5, 0.6) is 0 Å². The molecule has 2 heterocycles. The highest BCUT2D eigenvalue weighted by molar-refractivity contribution is 8.04. The van der Waals surface area contributed by atoms with Crippen LogP contribution in [0.3, 0.4) is 0 Å². The quantitative estimate of drug-likeness (QED) is 0.665. The van der Waals surface area contributed by atoms with Crippen molar-refractivity contribution < 1.29 is 19.5 Å². The number of fused-ring (bicyclic) bond motifs is 1. The molecule has 1 atom stereocenters. The fourth-order valence-electron chi connectivity index (χ4n) is 1.66. The first-order chi connectivity index (χ1) is 7.50. The predicted molar refractivity (Wildman–Crippen MR) is 56.2 cm³/mol. The zero-order valence-electron chi connectivity index (χ0n) is 8.52. The Bertz CT molecular complexity index is 418. The van der Waals surface area contributed by atoms with Crippen LogP contribution in [0.2, 0.25) is 0 Å². The minimum Gasteiger partial charge on any atom is -0.477 e. The third-order valence-electron chi connectivity index (χ3n) is 2.39. The summed E-state index contributed by atoms with van der Waals surface area (Å²) in [5.41, 5.74) is 0.0139. The van der Waals surface area contributed by atoms with Crippen LogP contribution in [0.1, 0.15) is 13.3 Å². The van der Waals surface area contributed by atoms with E-state index in [2.05, 4.69) is 5.32 Å². The van der Waals surface area contributed by atoms with Gasteiger partial charge in [0, 0.05) is 11.8 Å². The number of hydrogen-bond donors (Lipinski definition) is 2. The number of hydrogen-bond acceptors (Lipinski definition) is 4. The van der Waals surface area contributed by atoms with E-state index in [9.17, 15) is 14.4 Å². The van der Waals surface area contributed by atoms with Gasteiger partial charge in [0.1, 0.15) is 5.70 Å². The zero-order chi connectivity index (χ0) is 11.9. The van der Waals surface area contributed by atoms with E-state index in [1.54, 1.807) is 0 Å². The molecule has 1 fully saturated rings. The molecular weight excluding hydrogens is 232 g/mol. The molecule has 2 amide bonds. The summed E-state index contributed by atoms with van der Waals surface area (Å²) in [6.45, 7) is 1.53. The average molecular weight is 242 g/mol. The van der Waals surface area contributed by atoms with E-state index in [0.29, 0.717) is 11.3 Å². The van der Waals surface area contributed by atoms with Crippen LogP contribution in [0.25, 0.3) is 0 Å². The summed E-state index contributed by atoms with van der Waals surface area (Å²) in [7, 11) is 0. The number of carboxylic acid groups (broad SMARTS) is 1. The van der Waals surface area contributed by atoms with E-state index in [4.69, 9.17) is 5.11 Å². The van der Waals surface area contributed by atoms with E-state index in [0.717, 1.165) is 0 Å². The summed E-state index contributed by atoms with van der Waals surface area (Å²) in [5, 5.41) is 11.5. The molecule has 0 bridgehead atoms. The minimum atomic E-state index is -1.12. The molecule has 16 heavy (non-hydrogen) atoms. The fraction of sp³-hybridized carbons (Fsp3) is 0.444. The molecule has 0 radical (unpaired) electrons. The molecule has 0 saturated carbocycles. The van der Waals surface area contributed by atoms with Gasteiger partial charge in [0.15, 0.2) is 0 Å². The van der Waals surface area contributed by atoms with Gasteiger partial charge in [-0.25, -0.2) is 4.79 Å². The SMILES string of the molecule is CC(=O)NCC1=C(C(=O)O)N2C(=O)C[C@@H]2S1. The maximum absolute atomic E-state index is 11.2. The second kappa shape index (κ2) is 3.82. The van der Waals surface area contributed by atoms with Gasteiger partial charge >= 0.3 is 5.97 Å². The first kappa shape index (κ1) is 11.0. The first-order valence-electron chi connectivity index (χ1n) is 4.70. The molecule has 0 aromatic carbocycles. The fourth-order valence-corrected chi connectivity index (χ4v) is 2.99. The van der Waals surface area contributed by atoms with Gasteiger partial charge in [0.05, 0.1) is 18.3 Å². The van der Waals surface area contributed by atoms with Crippen molar-refractivity contribution in [3.8, 4) is 0 Å². The molecule has 2 rings (SSSR count). The molecule has 6 nitrogen and oxygen atoms in total. The number of nitrogens with zero attached hydrogens (tertiary/aromatic N) is 1. The number of nitrogens with one attached hydrogen (secondary N) is 1. The third-order valence-corrected chi connectivity index (χ3v) is 3.66. The minimum absolute atomic E-state index is 0.0139. The molecule has 0 aliphatic carbocycles. The standard InChI is InChI=1S/C9H10N2O4S/c1-4(12)10-3-5-8(9(14)15)11-6(13)2-7(11)16-5/h7H,2-3H2,1H3,(H,10,12)(H,14,15)/t7-/m0/s1. The molecule has 0 aromatic heterocycles. The molecule has 0 aromatic rings. The van der Waals surface area contributed by atoms with Crippen molar-refractivity contribution in [2.45, 2.75) is 18.7 Å². The van der Waals surface area contributed by atoms with Gasteiger partial charge in [-0.3, -0.25) is 14.5 Å². The van der Waals surface area contributed by atoms with Crippen molar-refractivity contribution in [1.29, 1.82) is 0 Å². The second-order valence-corrected chi connectivity index (χ2v) is 4.80. The Morgan fingerprint density at radius 3 is 2.81 bits per heavy atom. The summed E-state index contributed by atoms with van der Waals surface area (Å²) in [6.07, 6.45) is 0.366. The number of amides is 2. The lowest BCUT2D eigenvalue weighted by molar-refractivity contribution is -0.145. The summed E-state index contributed by atoms with van der Waals surface area (Å²) in [5.74, 6) is -1.52. The molecule has 1 saturated heterocycles. The van der Waals surface area contributed by atoms with Crippen molar-refractivity contribution in [2.24, 2.45) is 0 Å². The summed E-state index contributed by atoms with van der Waals surface area (Å²) >= 11 is 1.33. The van der Waals surface area contributed by atoms with Crippen LogP contribution in [-0.2, 0) is 14.4 Å². The molecule has 86 valence electrons. The van der Waals surface area contributed by atoms with Crippen LogP contribution in [0, 0.1) is 0 Å². The smallest absolute Gasteiger partial charge is 0.353 e. The highest BCUT2D eigenvalue weighted by atomic mass is 32.2. The van der Waals surface area contributed by atoms with Crippen LogP contribution in [0.15, 0.2) is 10.6 Å². The monoisotopic (exact) mass is 242 g/mol. The maximum atomic E-state index is 11.2. The normalized spacial score (nSPS) is 22.9. The van der Waals surface area contributed by atoms with Gasteiger partial charge in [0.25, 0.3) is 0 Å². The highest BCUT2D eigenvalue weighted by Crippen LogP contribution is 2.45. The van der Waals surface area contributed by atoms with Crippen molar-refractivity contribution >= 4 is 29.5 Å². The number of rotatable bonds is 3. The highest BCUT2D eigenvalue weighted by Gasteiger charge is 2.48. The van der Waals surface area contributed by atoms with Crippen molar-refractivity contribution in [3.63, 3.8) is 0 Å². The Kier molecular flexibility index (Phi) is 2.63. The Balaban J connectivity index is 2.18. The number of carbonyl (C=O) groups is 3. The van der Waals surface area contributed by atoms with Gasteiger partial charge in [-0.1, -0.05) is 0 Å². The lowest BCUT2D eigenvalue weighted by Gasteiger charge is -2.33. The summed E-state index contributed by atoms with van der Waals surface area (Å²) < 4.78 is 0. The van der Waals surface area contributed by atoms with Crippen LogP contribution in [-0.4, -0.2) is 39.7 Å². The molecule has 2 N–H and O–H groups in total. The lowest BCUT2D eigenvalue weighted by Crippen LogP contribution is -2.48. The van der Waals surface area contributed by atoms with E-state index in [1.807, 2.05) is 0 Å². The Morgan fingerprint density at radius 2 is 2.31 bits per heavy atom. The largest absolute Gasteiger partial charge is 0.477 e. The van der Waals surface area contributed by atoms with Gasteiger partial charge in [-0.2, -0.15) is 0 Å². The molecule has 0 unspecified atom stereocenters. The van der Waals surface area contributed by atoms with Crippen LogP contribution < -0.4 is 5.32 Å². The molecule has 2 aliphatic rings. The summed E-state index contributed by atoms with van der Waals surface area (Å²) in [4.78, 5) is 34.8. The second-order valence-electron chi connectivity index (χ2n) is 3.53. The number of carbonyl (C=O) groups excluding carboxylic acids is 2. The number of thioether (sulfide) groups is 1. The molecule has 7 heteroatoms. The van der Waals surface area contributed by atoms with Crippen molar-refractivity contribution in [1.82, 2.24) is 10.2 Å². The number of β-lactam (4-membered cyclic amide) rings is 1. The van der Waals surface area contributed by atoms with Gasteiger partial charge in [-0.15, -0.1) is 11.8 Å². The summed E-state index contributed by atoms with van der Waals surface area (Å²) in [6, 6.07) is 0. The van der Waals surface area contributed by atoms with Gasteiger partial charge in [0.2, 0.25) is 11.8 Å². The predicted octanol–water partition coefficient (Wildman–Crippen LogP) is -0.276. The Labute approximate surface area is 95.7 Å². The van der Waals surface area contributed by atoms with Crippen molar-refractivity contribution in [3.05, 3.63) is 10.6 Å². The van der Waals surface area contributed by atoms with Gasteiger partial charge in [-0.05, 0) is 0 Å². The Morgan fingerprint density at radius 1 is 1.62 bits per heavy atom. The van der Waals surface area contributed by atoms with Crippen LogP contribution in [0.4, 0.5) is 0 Å². The molecular formula is C9H10N2O4S. The number of aliphatic carboxylic acids is 1. The van der Waals surface area contributed by atoms with Crippen molar-refractivity contribution in [2.75, 3.05) is 6.54 Å². The molecule has 2 aliphatic heterocycles. The zero-order valence-corrected chi connectivity index (χ0v) is 9.34. The van der Waals surface area contributed by atoms with E-state index in [-0.39, 0.29) is 29.4 Å².